The summed E-state index contributed by atoms with van der Waals surface area (Å²) < 4.78 is 33.4. The van der Waals surface area contributed by atoms with Crippen LogP contribution in [0.5, 0.6) is 5.75 Å². The molecule has 0 aliphatic carbocycles. The topological polar surface area (TPSA) is 157 Å². The van der Waals surface area contributed by atoms with Crippen LogP contribution in [0.2, 0.25) is 5.02 Å². The number of imidazole rings is 1. The Kier molecular flexibility index (Phi) is 10.2. The maximum absolute atomic E-state index is 13.6. The van der Waals surface area contributed by atoms with Crippen LogP contribution in [0.1, 0.15) is 29.9 Å². The fourth-order valence-corrected chi connectivity index (χ4v) is 5.19. The van der Waals surface area contributed by atoms with Gasteiger partial charge >= 0.3 is 24.2 Å². The van der Waals surface area contributed by atoms with Crippen LogP contribution in [0.3, 0.4) is 0 Å². The van der Waals surface area contributed by atoms with E-state index >= 15 is 0 Å². The number of benzene rings is 2. The highest BCUT2D eigenvalue weighted by atomic mass is 35.5. The van der Waals surface area contributed by atoms with Crippen molar-refractivity contribution in [1.82, 2.24) is 24.7 Å². The SMILES string of the molecule is Cc1ncc2n1C(=O)N(C1CCN(C(=O)[C@@H](Cc3ccc(O)cc3)NC(=O)Nc3ccc(Cl)cc3)CC1)C2.O=C(O)C(F)(F)F. The summed E-state index contributed by atoms with van der Waals surface area (Å²) >= 11 is 5.92. The molecule has 12 nitrogen and oxygen atoms in total. The first-order valence-electron chi connectivity index (χ1n) is 13.8. The molecule has 0 bridgehead atoms. The number of hydrogen-bond donors (Lipinski definition) is 4. The molecule has 45 heavy (non-hydrogen) atoms. The molecule has 4 N–H and O–H groups in total. The molecular weight excluding hydrogens is 621 g/mol. The fourth-order valence-electron chi connectivity index (χ4n) is 5.06. The normalized spacial score (nSPS) is 15.5. The van der Waals surface area contributed by atoms with Crippen LogP contribution in [0.15, 0.2) is 54.7 Å². The lowest BCUT2D eigenvalue weighted by Gasteiger charge is -2.37. The van der Waals surface area contributed by atoms with Gasteiger partial charge in [-0.2, -0.15) is 13.2 Å². The molecule has 0 spiro atoms. The van der Waals surface area contributed by atoms with Crippen molar-refractivity contribution in [2.75, 3.05) is 18.4 Å². The number of piperidine rings is 1. The van der Waals surface area contributed by atoms with Crippen molar-refractivity contribution in [2.45, 2.75) is 51.0 Å². The number of rotatable bonds is 6. The van der Waals surface area contributed by atoms with E-state index in [4.69, 9.17) is 21.5 Å². The molecule has 1 aromatic heterocycles. The molecule has 0 unspecified atom stereocenters. The van der Waals surface area contributed by atoms with E-state index in [1.165, 1.54) is 0 Å². The van der Waals surface area contributed by atoms with Gasteiger partial charge in [0.25, 0.3) is 0 Å². The summed E-state index contributed by atoms with van der Waals surface area (Å²) in [7, 11) is 0. The number of fused-ring (bicyclic) bond motifs is 1. The van der Waals surface area contributed by atoms with E-state index in [-0.39, 0.29) is 30.2 Å². The summed E-state index contributed by atoms with van der Waals surface area (Å²) in [4.78, 5) is 56.0. The summed E-state index contributed by atoms with van der Waals surface area (Å²) in [6, 6.07) is 11.9. The van der Waals surface area contributed by atoms with Crippen LogP contribution in [0, 0.1) is 6.92 Å². The number of aliphatic carboxylic acids is 1. The number of halogens is 4. The zero-order valence-electron chi connectivity index (χ0n) is 23.9. The summed E-state index contributed by atoms with van der Waals surface area (Å²) in [6.45, 7) is 3.29. The zero-order chi connectivity index (χ0) is 32.9. The first-order valence-corrected chi connectivity index (χ1v) is 14.1. The Morgan fingerprint density at radius 2 is 1.67 bits per heavy atom. The molecule has 0 radical (unpaired) electrons. The van der Waals surface area contributed by atoms with Gasteiger partial charge in [-0.1, -0.05) is 23.7 Å². The number of hydrogen-bond acceptors (Lipinski definition) is 6. The van der Waals surface area contributed by atoms with E-state index in [0.29, 0.717) is 49.0 Å². The average Bonchev–Trinajstić information content (AvgIpc) is 3.53. The molecule has 1 fully saturated rings. The highest BCUT2D eigenvalue weighted by Gasteiger charge is 2.39. The third-order valence-corrected chi connectivity index (χ3v) is 7.57. The smallest absolute Gasteiger partial charge is 0.490 e. The molecule has 240 valence electrons. The van der Waals surface area contributed by atoms with Gasteiger partial charge < -0.3 is 30.6 Å². The highest BCUT2D eigenvalue weighted by Crippen LogP contribution is 2.26. The van der Waals surface area contributed by atoms with Crippen LogP contribution < -0.4 is 10.6 Å². The Labute approximate surface area is 260 Å². The quantitative estimate of drug-likeness (QED) is 0.308. The Balaban J connectivity index is 0.000000591. The van der Waals surface area contributed by atoms with Gasteiger partial charge in [0.15, 0.2) is 0 Å². The zero-order valence-corrected chi connectivity index (χ0v) is 24.7. The molecule has 2 aliphatic heterocycles. The van der Waals surface area contributed by atoms with Gasteiger partial charge in [0.05, 0.1) is 18.4 Å². The number of alkyl halides is 3. The van der Waals surface area contributed by atoms with Gasteiger partial charge in [-0.05, 0) is 61.7 Å². The number of likely N-dealkylation sites (tertiary alicyclic amines) is 1. The van der Waals surface area contributed by atoms with E-state index in [0.717, 1.165) is 11.3 Å². The number of aryl methyl sites for hydroxylation is 1. The largest absolute Gasteiger partial charge is 0.508 e. The van der Waals surface area contributed by atoms with E-state index in [1.54, 1.807) is 64.2 Å². The molecular formula is C29H30ClF3N6O6. The molecule has 2 aromatic carbocycles. The van der Waals surface area contributed by atoms with Crippen molar-refractivity contribution >= 4 is 41.2 Å². The lowest BCUT2D eigenvalue weighted by Crippen LogP contribution is -2.54. The first kappa shape index (κ1) is 33.1. The van der Waals surface area contributed by atoms with E-state index < -0.39 is 24.2 Å². The number of aromatic nitrogens is 2. The lowest BCUT2D eigenvalue weighted by molar-refractivity contribution is -0.192. The first-order chi connectivity index (χ1) is 21.2. The van der Waals surface area contributed by atoms with Crippen LogP contribution in [0.25, 0.3) is 0 Å². The van der Waals surface area contributed by atoms with Crippen LogP contribution in [-0.2, 0) is 22.6 Å². The van der Waals surface area contributed by atoms with Gasteiger partial charge in [-0.3, -0.25) is 9.36 Å². The average molecular weight is 651 g/mol. The number of amides is 4. The monoisotopic (exact) mass is 650 g/mol. The minimum atomic E-state index is -5.08. The molecule has 4 amide bonds. The number of anilines is 1. The molecule has 3 heterocycles. The number of phenols is 1. The number of carbonyl (C=O) groups excluding carboxylic acids is 3. The van der Waals surface area contributed by atoms with Crippen molar-refractivity contribution in [2.24, 2.45) is 0 Å². The van der Waals surface area contributed by atoms with Gasteiger partial charge in [0.1, 0.15) is 17.6 Å². The number of urea groups is 1. The standard InChI is InChI=1S/C27H29ClN6O4.C2HF3O2/c1-17-29-15-22-16-33(27(38)34(17)22)21-10-12-32(13-11-21)25(36)24(14-18-2-8-23(35)9-3-18)31-26(37)30-20-6-4-19(28)5-7-20;3-2(4,5)1(6)7/h2-9,15,21,24,35H,10-14,16H2,1H3,(H2,30,31,37);(H,6,7)/t24-;/m1./s1. The molecule has 5 rings (SSSR count). The molecule has 3 aromatic rings. The number of carboxylic acids is 1. The maximum atomic E-state index is 13.6. The summed E-state index contributed by atoms with van der Waals surface area (Å²) in [5.74, 6) is -2.14. The minimum absolute atomic E-state index is 0.0301. The summed E-state index contributed by atoms with van der Waals surface area (Å²) in [5, 5.41) is 22.9. The fraction of sp³-hybridized carbons (Fsp3) is 0.345. The van der Waals surface area contributed by atoms with Crippen molar-refractivity contribution in [3.8, 4) is 5.75 Å². The molecule has 1 atom stereocenters. The molecule has 2 aliphatic rings. The van der Waals surface area contributed by atoms with Gasteiger partial charge in [0.2, 0.25) is 5.91 Å². The van der Waals surface area contributed by atoms with Crippen molar-refractivity contribution in [1.29, 1.82) is 0 Å². The predicted molar refractivity (Wildman–Crippen MR) is 156 cm³/mol. The third kappa shape index (κ3) is 8.44. The molecule has 0 saturated carbocycles. The number of aromatic hydroxyl groups is 1. The van der Waals surface area contributed by atoms with Crippen LogP contribution >= 0.6 is 11.6 Å². The van der Waals surface area contributed by atoms with E-state index in [2.05, 4.69) is 15.6 Å². The highest BCUT2D eigenvalue weighted by molar-refractivity contribution is 6.30. The molecule has 1 saturated heterocycles. The van der Waals surface area contributed by atoms with Gasteiger partial charge in [-0.25, -0.2) is 19.4 Å². The molecule has 16 heteroatoms. The van der Waals surface area contributed by atoms with Crippen LogP contribution in [-0.4, -0.2) is 84.9 Å². The van der Waals surface area contributed by atoms with Crippen molar-refractivity contribution < 1.29 is 42.6 Å². The second-order valence-electron chi connectivity index (χ2n) is 10.4. The van der Waals surface area contributed by atoms with Crippen LogP contribution in [0.4, 0.5) is 28.4 Å². The predicted octanol–water partition coefficient (Wildman–Crippen LogP) is 4.39. The van der Waals surface area contributed by atoms with Gasteiger partial charge in [-0.15, -0.1) is 0 Å². The third-order valence-electron chi connectivity index (χ3n) is 7.32. The summed E-state index contributed by atoms with van der Waals surface area (Å²) in [5.41, 5.74) is 2.24. The lowest BCUT2D eigenvalue weighted by atomic mass is 10.00. The second-order valence-corrected chi connectivity index (χ2v) is 10.9. The second kappa shape index (κ2) is 13.9. The van der Waals surface area contributed by atoms with E-state index in [1.807, 2.05) is 11.8 Å². The van der Waals surface area contributed by atoms with Crippen molar-refractivity contribution in [3.05, 3.63) is 76.8 Å². The summed E-state index contributed by atoms with van der Waals surface area (Å²) in [6.07, 6.45) is -1.78. The Morgan fingerprint density at radius 3 is 2.22 bits per heavy atom. The number of phenolic OH excluding ortho intramolecular Hbond substituents is 1. The number of nitrogens with one attached hydrogen (secondary N) is 2. The Bertz CT molecular complexity index is 1540. The van der Waals surface area contributed by atoms with E-state index in [9.17, 15) is 32.7 Å². The number of carbonyl (C=O) groups is 4. The Morgan fingerprint density at radius 1 is 1.07 bits per heavy atom. The minimum Gasteiger partial charge on any atom is -0.508 e. The maximum Gasteiger partial charge on any atom is 0.490 e. The van der Waals surface area contributed by atoms with Gasteiger partial charge in [0, 0.05) is 36.3 Å². The number of carboxylic acid groups (broad SMARTS) is 1. The number of nitrogens with zero attached hydrogens (tertiary/aromatic N) is 4. The Hall–Kier alpha value is -4.79. The van der Waals surface area contributed by atoms with Crippen molar-refractivity contribution in [3.63, 3.8) is 0 Å².